The summed E-state index contributed by atoms with van der Waals surface area (Å²) in [5.41, 5.74) is 2.76. The molecule has 0 saturated carbocycles. The van der Waals surface area contributed by atoms with Crippen molar-refractivity contribution < 1.29 is 9.90 Å². The van der Waals surface area contributed by atoms with Gasteiger partial charge < -0.3 is 5.11 Å². The summed E-state index contributed by atoms with van der Waals surface area (Å²) in [4.78, 5) is 24.8. The molecule has 2 aromatic carbocycles. The SMILES string of the molecule is CCCCCCCCc1nn(CCC(C)C)c(=O)n1Cc1ccc(-c2ccccc2C(=O)O)cc1. The Hall–Kier alpha value is -3.15. The van der Waals surface area contributed by atoms with Crippen molar-refractivity contribution in [3.63, 3.8) is 0 Å². The number of unbranched alkanes of at least 4 members (excludes halogenated alkanes) is 5. The lowest BCUT2D eigenvalue weighted by Crippen LogP contribution is -2.26. The van der Waals surface area contributed by atoms with Crippen LogP contribution in [0.3, 0.4) is 0 Å². The molecule has 0 aliphatic heterocycles. The van der Waals surface area contributed by atoms with E-state index in [0.29, 0.717) is 24.6 Å². The van der Waals surface area contributed by atoms with Crippen LogP contribution in [0.2, 0.25) is 0 Å². The zero-order valence-electron chi connectivity index (χ0n) is 21.4. The molecule has 1 N–H and O–H groups in total. The monoisotopic (exact) mass is 477 g/mol. The van der Waals surface area contributed by atoms with Crippen LogP contribution >= 0.6 is 0 Å². The number of carboxylic acid groups (broad SMARTS) is 1. The number of carboxylic acids is 1. The Morgan fingerprint density at radius 1 is 0.971 bits per heavy atom. The number of aromatic nitrogens is 3. The largest absolute Gasteiger partial charge is 0.478 e. The summed E-state index contributed by atoms with van der Waals surface area (Å²) in [5, 5.41) is 14.2. The molecule has 3 aromatic rings. The molecule has 0 unspecified atom stereocenters. The van der Waals surface area contributed by atoms with Gasteiger partial charge in [0.25, 0.3) is 0 Å². The van der Waals surface area contributed by atoms with Crippen molar-refractivity contribution in [3.05, 3.63) is 76.0 Å². The molecule has 0 bridgehead atoms. The molecule has 1 aromatic heterocycles. The Kier molecular flexibility index (Phi) is 9.88. The summed E-state index contributed by atoms with van der Waals surface area (Å²) in [6.07, 6.45) is 8.93. The standard InChI is InChI=1S/C29H39N3O3/c1-4-5-6-7-8-9-14-27-30-32(20-19-22(2)3)29(35)31(27)21-23-15-17-24(18-16-23)25-12-10-11-13-26(25)28(33)34/h10-13,15-18,22H,4-9,14,19-21H2,1-3H3,(H,33,34). The number of aromatic carboxylic acids is 1. The predicted molar refractivity (Wildman–Crippen MR) is 141 cm³/mol. The molecular formula is C29H39N3O3. The number of rotatable bonds is 14. The minimum atomic E-state index is -0.940. The number of hydrogen-bond acceptors (Lipinski definition) is 3. The van der Waals surface area contributed by atoms with Gasteiger partial charge in [-0.25, -0.2) is 14.3 Å². The van der Waals surface area contributed by atoms with E-state index in [-0.39, 0.29) is 11.3 Å². The first-order chi connectivity index (χ1) is 16.9. The molecule has 1 heterocycles. The fourth-order valence-electron chi connectivity index (χ4n) is 4.31. The average molecular weight is 478 g/mol. The van der Waals surface area contributed by atoms with Crippen LogP contribution in [0, 0.1) is 5.92 Å². The molecule has 35 heavy (non-hydrogen) atoms. The number of carbonyl (C=O) groups is 1. The third kappa shape index (κ3) is 7.41. The Morgan fingerprint density at radius 3 is 2.34 bits per heavy atom. The maximum atomic E-state index is 13.2. The van der Waals surface area contributed by atoms with Gasteiger partial charge >= 0.3 is 11.7 Å². The maximum absolute atomic E-state index is 13.2. The van der Waals surface area contributed by atoms with E-state index >= 15 is 0 Å². The van der Waals surface area contributed by atoms with E-state index in [1.165, 1.54) is 25.7 Å². The summed E-state index contributed by atoms with van der Waals surface area (Å²) in [5.74, 6) is 0.425. The van der Waals surface area contributed by atoms with E-state index in [2.05, 4.69) is 20.8 Å². The normalized spacial score (nSPS) is 11.3. The lowest BCUT2D eigenvalue weighted by molar-refractivity contribution is 0.0697. The first-order valence-corrected chi connectivity index (χ1v) is 13.0. The van der Waals surface area contributed by atoms with Gasteiger partial charge in [0, 0.05) is 13.0 Å². The van der Waals surface area contributed by atoms with Crippen molar-refractivity contribution >= 4 is 5.97 Å². The fourth-order valence-corrected chi connectivity index (χ4v) is 4.31. The summed E-state index contributed by atoms with van der Waals surface area (Å²) >= 11 is 0. The second-order valence-corrected chi connectivity index (χ2v) is 9.76. The Labute approximate surface area is 208 Å². The number of nitrogens with zero attached hydrogens (tertiary/aromatic N) is 3. The second-order valence-electron chi connectivity index (χ2n) is 9.76. The number of hydrogen-bond donors (Lipinski definition) is 1. The molecule has 188 valence electrons. The molecule has 0 spiro atoms. The first kappa shape index (κ1) is 26.5. The zero-order chi connectivity index (χ0) is 25.2. The molecule has 0 fully saturated rings. The lowest BCUT2D eigenvalue weighted by atomic mass is 9.99. The smallest absolute Gasteiger partial charge is 0.346 e. The highest BCUT2D eigenvalue weighted by Crippen LogP contribution is 2.24. The third-order valence-electron chi connectivity index (χ3n) is 6.43. The van der Waals surface area contributed by atoms with Crippen molar-refractivity contribution in [1.82, 2.24) is 14.3 Å². The highest BCUT2D eigenvalue weighted by Gasteiger charge is 2.15. The molecular weight excluding hydrogens is 438 g/mol. The van der Waals surface area contributed by atoms with E-state index in [0.717, 1.165) is 42.6 Å². The minimum absolute atomic E-state index is 0.0491. The van der Waals surface area contributed by atoms with Crippen molar-refractivity contribution in [2.75, 3.05) is 0 Å². The molecule has 0 atom stereocenters. The van der Waals surface area contributed by atoms with Gasteiger partial charge in [0.05, 0.1) is 12.1 Å². The molecule has 6 nitrogen and oxygen atoms in total. The molecule has 0 amide bonds. The zero-order valence-corrected chi connectivity index (χ0v) is 21.4. The molecule has 6 heteroatoms. The molecule has 0 saturated heterocycles. The van der Waals surface area contributed by atoms with E-state index in [9.17, 15) is 14.7 Å². The molecule has 0 radical (unpaired) electrons. The minimum Gasteiger partial charge on any atom is -0.478 e. The van der Waals surface area contributed by atoms with E-state index in [1.54, 1.807) is 16.8 Å². The highest BCUT2D eigenvalue weighted by atomic mass is 16.4. The van der Waals surface area contributed by atoms with Gasteiger partial charge in [0.1, 0.15) is 5.82 Å². The van der Waals surface area contributed by atoms with Gasteiger partial charge in [-0.3, -0.25) is 4.57 Å². The summed E-state index contributed by atoms with van der Waals surface area (Å²) in [6.45, 7) is 7.64. The summed E-state index contributed by atoms with van der Waals surface area (Å²) in [6, 6.07) is 14.8. The van der Waals surface area contributed by atoms with Crippen LogP contribution < -0.4 is 5.69 Å². The fraction of sp³-hybridized carbons (Fsp3) is 0.483. The van der Waals surface area contributed by atoms with Crippen molar-refractivity contribution in [3.8, 4) is 11.1 Å². The van der Waals surface area contributed by atoms with Crippen molar-refractivity contribution in [2.24, 2.45) is 5.92 Å². The summed E-state index contributed by atoms with van der Waals surface area (Å²) in [7, 11) is 0. The van der Waals surface area contributed by atoms with E-state index < -0.39 is 5.97 Å². The first-order valence-electron chi connectivity index (χ1n) is 13.0. The Morgan fingerprint density at radius 2 is 1.66 bits per heavy atom. The van der Waals surface area contributed by atoms with Crippen LogP contribution in [-0.4, -0.2) is 25.4 Å². The molecule has 0 aliphatic rings. The van der Waals surface area contributed by atoms with Gasteiger partial charge in [0.2, 0.25) is 0 Å². The predicted octanol–water partition coefficient (Wildman–Crippen LogP) is 6.41. The average Bonchev–Trinajstić information content (AvgIpc) is 3.14. The van der Waals surface area contributed by atoms with Crippen LogP contribution in [-0.2, 0) is 19.5 Å². The molecule has 0 aliphatic carbocycles. The van der Waals surface area contributed by atoms with E-state index in [4.69, 9.17) is 5.10 Å². The maximum Gasteiger partial charge on any atom is 0.346 e. The van der Waals surface area contributed by atoms with Crippen LogP contribution in [0.1, 0.15) is 87.5 Å². The number of aryl methyl sites for hydroxylation is 2. The van der Waals surface area contributed by atoms with Crippen LogP contribution in [0.25, 0.3) is 11.1 Å². The van der Waals surface area contributed by atoms with Crippen molar-refractivity contribution in [1.29, 1.82) is 0 Å². The van der Waals surface area contributed by atoms with Gasteiger partial charge in [-0.05, 0) is 41.5 Å². The Bertz CT molecular complexity index is 1140. The second kappa shape index (κ2) is 13.1. The molecule has 3 rings (SSSR count). The quantitative estimate of drug-likeness (QED) is 0.272. The van der Waals surface area contributed by atoms with Gasteiger partial charge in [-0.15, -0.1) is 0 Å². The highest BCUT2D eigenvalue weighted by molar-refractivity contribution is 5.95. The topological polar surface area (TPSA) is 77.1 Å². The van der Waals surface area contributed by atoms with Crippen LogP contribution in [0.15, 0.2) is 53.3 Å². The lowest BCUT2D eigenvalue weighted by Gasteiger charge is -2.09. The van der Waals surface area contributed by atoms with Gasteiger partial charge in [-0.1, -0.05) is 95.3 Å². The third-order valence-corrected chi connectivity index (χ3v) is 6.43. The van der Waals surface area contributed by atoms with E-state index in [1.807, 2.05) is 41.0 Å². The van der Waals surface area contributed by atoms with Crippen molar-refractivity contribution in [2.45, 2.75) is 85.2 Å². The van der Waals surface area contributed by atoms with Gasteiger partial charge in [0.15, 0.2) is 0 Å². The summed E-state index contributed by atoms with van der Waals surface area (Å²) < 4.78 is 3.44. The number of benzene rings is 2. The van der Waals surface area contributed by atoms with Crippen LogP contribution in [0.5, 0.6) is 0 Å². The van der Waals surface area contributed by atoms with Gasteiger partial charge in [-0.2, -0.15) is 5.10 Å². The Balaban J connectivity index is 1.78. The van der Waals surface area contributed by atoms with Crippen LogP contribution in [0.4, 0.5) is 0 Å².